The summed E-state index contributed by atoms with van der Waals surface area (Å²) in [5.74, 6) is 0. The second-order valence-corrected chi connectivity index (χ2v) is 4.11. The summed E-state index contributed by atoms with van der Waals surface area (Å²) >= 11 is 1.50. The SMILES string of the molecule is O=Cc1c(-c2ccccn2)nc2sccn12. The fraction of sp³-hybridized carbons (Fsp3) is 0. The third-order valence-corrected chi connectivity index (χ3v) is 3.07. The average molecular weight is 229 g/mol. The lowest BCUT2D eigenvalue weighted by Crippen LogP contribution is -1.91. The third kappa shape index (κ3) is 1.25. The van der Waals surface area contributed by atoms with Crippen LogP contribution in [0.25, 0.3) is 16.3 Å². The highest BCUT2D eigenvalue weighted by Crippen LogP contribution is 2.23. The smallest absolute Gasteiger partial charge is 0.194 e. The minimum absolute atomic E-state index is 0.551. The van der Waals surface area contributed by atoms with Gasteiger partial charge in [0.25, 0.3) is 0 Å². The van der Waals surface area contributed by atoms with Crippen LogP contribution in [0.5, 0.6) is 0 Å². The molecule has 0 aliphatic carbocycles. The van der Waals surface area contributed by atoms with Crippen LogP contribution < -0.4 is 0 Å². The Bertz CT molecular complexity index is 642. The highest BCUT2D eigenvalue weighted by atomic mass is 32.1. The first-order valence-electron chi connectivity index (χ1n) is 4.72. The van der Waals surface area contributed by atoms with Crippen molar-refractivity contribution >= 4 is 22.6 Å². The maximum Gasteiger partial charge on any atom is 0.194 e. The van der Waals surface area contributed by atoms with Crippen molar-refractivity contribution in [3.05, 3.63) is 41.7 Å². The molecule has 0 unspecified atom stereocenters. The Hall–Kier alpha value is -2.01. The first-order chi connectivity index (χ1) is 7.90. The average Bonchev–Trinajstić information content (AvgIpc) is 2.89. The number of aldehydes is 1. The van der Waals surface area contributed by atoms with Gasteiger partial charge in [-0.3, -0.25) is 14.2 Å². The van der Waals surface area contributed by atoms with Gasteiger partial charge < -0.3 is 0 Å². The van der Waals surface area contributed by atoms with Crippen LogP contribution in [0.2, 0.25) is 0 Å². The van der Waals surface area contributed by atoms with E-state index in [-0.39, 0.29) is 0 Å². The second kappa shape index (κ2) is 3.53. The maximum atomic E-state index is 11.1. The van der Waals surface area contributed by atoms with Crippen LogP contribution in [0.15, 0.2) is 36.0 Å². The van der Waals surface area contributed by atoms with Gasteiger partial charge in [0.2, 0.25) is 0 Å². The van der Waals surface area contributed by atoms with Gasteiger partial charge in [0.05, 0.1) is 5.69 Å². The predicted octanol–water partition coefficient (Wildman–Crippen LogP) is 2.27. The lowest BCUT2D eigenvalue weighted by atomic mass is 10.2. The zero-order valence-corrected chi connectivity index (χ0v) is 9.02. The van der Waals surface area contributed by atoms with E-state index in [4.69, 9.17) is 0 Å². The summed E-state index contributed by atoms with van der Waals surface area (Å²) in [6, 6.07) is 5.56. The van der Waals surface area contributed by atoms with E-state index in [9.17, 15) is 4.79 Å². The van der Waals surface area contributed by atoms with Crippen molar-refractivity contribution in [2.45, 2.75) is 0 Å². The van der Waals surface area contributed by atoms with Crippen LogP contribution >= 0.6 is 11.3 Å². The number of hydrogen-bond acceptors (Lipinski definition) is 4. The lowest BCUT2D eigenvalue weighted by Gasteiger charge is -1.95. The highest BCUT2D eigenvalue weighted by Gasteiger charge is 2.14. The van der Waals surface area contributed by atoms with E-state index in [1.54, 1.807) is 10.6 Å². The first kappa shape index (κ1) is 9.23. The van der Waals surface area contributed by atoms with Crippen molar-refractivity contribution in [2.24, 2.45) is 0 Å². The minimum Gasteiger partial charge on any atom is -0.296 e. The minimum atomic E-state index is 0.551. The number of hydrogen-bond donors (Lipinski definition) is 0. The number of pyridine rings is 1. The summed E-state index contributed by atoms with van der Waals surface area (Å²) in [7, 11) is 0. The summed E-state index contributed by atoms with van der Waals surface area (Å²) in [6.07, 6.45) is 4.34. The van der Waals surface area contributed by atoms with Crippen molar-refractivity contribution in [2.75, 3.05) is 0 Å². The summed E-state index contributed by atoms with van der Waals surface area (Å²) in [4.78, 5) is 20.5. The van der Waals surface area contributed by atoms with E-state index in [2.05, 4.69) is 9.97 Å². The summed E-state index contributed by atoms with van der Waals surface area (Å²) in [5.41, 5.74) is 1.91. The first-order valence-corrected chi connectivity index (χ1v) is 5.60. The number of thiazole rings is 1. The Labute approximate surface area is 95.2 Å². The van der Waals surface area contributed by atoms with Crippen LogP contribution in [0, 0.1) is 0 Å². The Morgan fingerprint density at radius 1 is 1.38 bits per heavy atom. The molecule has 16 heavy (non-hydrogen) atoms. The molecule has 0 saturated heterocycles. The molecule has 0 amide bonds. The highest BCUT2D eigenvalue weighted by molar-refractivity contribution is 7.15. The van der Waals surface area contributed by atoms with E-state index >= 15 is 0 Å². The molecule has 0 fully saturated rings. The third-order valence-electron chi connectivity index (χ3n) is 2.32. The van der Waals surface area contributed by atoms with Crippen molar-refractivity contribution in [1.82, 2.24) is 14.4 Å². The van der Waals surface area contributed by atoms with Gasteiger partial charge in [0.1, 0.15) is 11.4 Å². The number of carbonyl (C=O) groups is 1. The zero-order chi connectivity index (χ0) is 11.0. The lowest BCUT2D eigenvalue weighted by molar-refractivity contribution is 0.111. The maximum absolute atomic E-state index is 11.1. The van der Waals surface area contributed by atoms with Gasteiger partial charge in [-0.15, -0.1) is 11.3 Å². The molecule has 0 N–H and O–H groups in total. The van der Waals surface area contributed by atoms with E-state index in [0.717, 1.165) is 16.9 Å². The standard InChI is InChI=1S/C11H7N3OS/c15-7-9-10(8-3-1-2-4-12-8)13-11-14(9)5-6-16-11/h1-7H. The van der Waals surface area contributed by atoms with Gasteiger partial charge >= 0.3 is 0 Å². The van der Waals surface area contributed by atoms with Crippen LogP contribution in [-0.4, -0.2) is 20.7 Å². The Kier molecular flexibility index (Phi) is 2.04. The molecule has 0 aromatic carbocycles. The van der Waals surface area contributed by atoms with Crippen LogP contribution in [-0.2, 0) is 0 Å². The van der Waals surface area contributed by atoms with Gasteiger partial charge in [-0.1, -0.05) is 6.07 Å². The molecule has 0 radical (unpaired) electrons. The number of fused-ring (bicyclic) bond motifs is 1. The molecule has 0 atom stereocenters. The number of carbonyl (C=O) groups excluding carboxylic acids is 1. The van der Waals surface area contributed by atoms with Crippen LogP contribution in [0.4, 0.5) is 0 Å². The molecule has 0 saturated carbocycles. The molecule has 78 valence electrons. The molecule has 0 aliphatic rings. The molecule has 3 heterocycles. The summed E-state index contributed by atoms with van der Waals surface area (Å²) in [6.45, 7) is 0. The van der Waals surface area contributed by atoms with Gasteiger partial charge in [-0.25, -0.2) is 4.98 Å². The van der Waals surface area contributed by atoms with Crippen LogP contribution in [0.3, 0.4) is 0 Å². The second-order valence-electron chi connectivity index (χ2n) is 3.23. The molecule has 0 spiro atoms. The summed E-state index contributed by atoms with van der Waals surface area (Å²) < 4.78 is 1.78. The molecule has 3 rings (SSSR count). The zero-order valence-electron chi connectivity index (χ0n) is 8.20. The topological polar surface area (TPSA) is 47.3 Å². The largest absolute Gasteiger partial charge is 0.296 e. The van der Waals surface area contributed by atoms with Crippen LogP contribution in [0.1, 0.15) is 10.5 Å². The van der Waals surface area contributed by atoms with Gasteiger partial charge in [0, 0.05) is 17.8 Å². The fourth-order valence-corrected chi connectivity index (χ4v) is 2.33. The normalized spacial score (nSPS) is 10.8. The van der Waals surface area contributed by atoms with Crippen molar-refractivity contribution in [1.29, 1.82) is 0 Å². The number of imidazole rings is 1. The van der Waals surface area contributed by atoms with Gasteiger partial charge in [-0.2, -0.15) is 0 Å². The molecular formula is C11H7N3OS. The predicted molar refractivity (Wildman–Crippen MR) is 61.7 cm³/mol. The molecule has 3 aromatic heterocycles. The number of rotatable bonds is 2. The Balaban J connectivity index is 2.31. The Morgan fingerprint density at radius 2 is 2.31 bits per heavy atom. The monoisotopic (exact) mass is 229 g/mol. The van der Waals surface area contributed by atoms with Gasteiger partial charge in [0.15, 0.2) is 11.2 Å². The van der Waals surface area contributed by atoms with Crippen molar-refractivity contribution in [3.63, 3.8) is 0 Å². The molecule has 4 nitrogen and oxygen atoms in total. The van der Waals surface area contributed by atoms with Crippen molar-refractivity contribution < 1.29 is 4.79 Å². The van der Waals surface area contributed by atoms with Crippen molar-refractivity contribution in [3.8, 4) is 11.4 Å². The van der Waals surface area contributed by atoms with E-state index in [1.165, 1.54) is 11.3 Å². The fourth-order valence-electron chi connectivity index (χ4n) is 1.61. The van der Waals surface area contributed by atoms with E-state index in [1.807, 2.05) is 29.8 Å². The number of nitrogens with zero attached hydrogens (tertiary/aromatic N) is 3. The molecule has 0 bridgehead atoms. The number of aromatic nitrogens is 3. The molecule has 0 aliphatic heterocycles. The molecule has 3 aromatic rings. The Morgan fingerprint density at radius 3 is 3.06 bits per heavy atom. The summed E-state index contributed by atoms with van der Waals surface area (Å²) in [5, 5.41) is 1.90. The van der Waals surface area contributed by atoms with Gasteiger partial charge in [-0.05, 0) is 12.1 Å². The van der Waals surface area contributed by atoms with E-state index < -0.39 is 0 Å². The quantitative estimate of drug-likeness (QED) is 0.633. The van der Waals surface area contributed by atoms with E-state index in [0.29, 0.717) is 11.4 Å². The molecule has 5 heteroatoms. The molecular weight excluding hydrogens is 222 g/mol.